The maximum Gasteiger partial charge on any atom is 0.255 e. The topological polar surface area (TPSA) is 68.8 Å². The van der Waals surface area contributed by atoms with Crippen molar-refractivity contribution in [1.82, 2.24) is 9.88 Å². The van der Waals surface area contributed by atoms with Crippen molar-refractivity contribution in [2.75, 3.05) is 54.4 Å². The summed E-state index contributed by atoms with van der Waals surface area (Å²) in [7, 11) is 0. The van der Waals surface area contributed by atoms with E-state index in [0.29, 0.717) is 31.6 Å². The molecule has 2 amide bonds. The number of rotatable bonds is 6. The molecule has 3 aromatic rings. The lowest BCUT2D eigenvalue weighted by molar-refractivity contribution is -0.131. The number of benzene rings is 2. The molecule has 0 aliphatic carbocycles. The second kappa shape index (κ2) is 10.8. The maximum atomic E-state index is 13.2. The van der Waals surface area contributed by atoms with Gasteiger partial charge in [0.1, 0.15) is 11.6 Å². The van der Waals surface area contributed by atoms with Gasteiger partial charge in [-0.25, -0.2) is 9.37 Å². The molecule has 0 bridgehead atoms. The first-order valence-corrected chi connectivity index (χ1v) is 12.5. The monoisotopic (exact) mass is 487 g/mol. The summed E-state index contributed by atoms with van der Waals surface area (Å²) >= 11 is 0. The summed E-state index contributed by atoms with van der Waals surface area (Å²) in [6, 6.07) is 17.3. The van der Waals surface area contributed by atoms with E-state index in [1.165, 1.54) is 24.3 Å². The van der Waals surface area contributed by atoms with Crippen LogP contribution in [0.1, 0.15) is 28.8 Å². The Morgan fingerprint density at radius 2 is 1.72 bits per heavy atom. The van der Waals surface area contributed by atoms with Crippen molar-refractivity contribution in [3.05, 3.63) is 83.8 Å². The molecule has 5 rings (SSSR count). The molecule has 0 unspecified atom stereocenters. The number of pyridine rings is 1. The molecule has 1 aromatic heterocycles. The van der Waals surface area contributed by atoms with E-state index in [4.69, 9.17) is 0 Å². The number of aromatic nitrogens is 1. The lowest BCUT2D eigenvalue weighted by Crippen LogP contribution is -2.49. The van der Waals surface area contributed by atoms with Crippen LogP contribution in [-0.4, -0.2) is 61.0 Å². The predicted octanol–water partition coefficient (Wildman–Crippen LogP) is 3.96. The first-order valence-electron chi connectivity index (χ1n) is 12.5. The number of hydrogen-bond acceptors (Lipinski definition) is 5. The van der Waals surface area contributed by atoms with Crippen LogP contribution in [0.15, 0.2) is 66.9 Å². The highest BCUT2D eigenvalue weighted by molar-refractivity contribution is 6.05. The largest absolute Gasteiger partial charge is 0.371 e. The van der Waals surface area contributed by atoms with Gasteiger partial charge in [-0.3, -0.25) is 9.59 Å². The summed E-state index contributed by atoms with van der Waals surface area (Å²) in [6.07, 6.45) is 4.06. The van der Waals surface area contributed by atoms with Gasteiger partial charge in [0, 0.05) is 68.8 Å². The number of amides is 2. The molecular weight excluding hydrogens is 457 g/mol. The predicted molar refractivity (Wildman–Crippen MR) is 139 cm³/mol. The molecule has 36 heavy (non-hydrogen) atoms. The Balaban J connectivity index is 1.18. The number of carbonyl (C=O) groups is 2. The van der Waals surface area contributed by atoms with Crippen molar-refractivity contribution in [1.29, 1.82) is 0 Å². The molecule has 8 heteroatoms. The molecule has 2 aromatic carbocycles. The number of fused-ring (bicyclic) bond motifs is 1. The number of nitrogens with zero attached hydrogens (tertiary/aromatic N) is 4. The lowest BCUT2D eigenvalue weighted by atomic mass is 9.99. The van der Waals surface area contributed by atoms with Gasteiger partial charge in [-0.15, -0.1) is 0 Å². The highest BCUT2D eigenvalue weighted by Gasteiger charge is 2.24. The van der Waals surface area contributed by atoms with E-state index < -0.39 is 0 Å². The standard InChI is InChI=1S/C28H30FN5O2/c29-22-11-9-21(10-12-22)28(36)31-24-6-3-7-25-23(24)5-4-15-32(25)16-13-27(35)34-19-17-33(18-20-34)26-8-1-2-14-30-26/h1-3,6-12,14H,4-5,13,15-20H2,(H,31,36). The minimum atomic E-state index is -0.371. The van der Waals surface area contributed by atoms with Crippen LogP contribution in [0.2, 0.25) is 0 Å². The van der Waals surface area contributed by atoms with Gasteiger partial charge in [-0.1, -0.05) is 12.1 Å². The zero-order valence-corrected chi connectivity index (χ0v) is 20.2. The van der Waals surface area contributed by atoms with Gasteiger partial charge in [0.05, 0.1) is 0 Å². The Morgan fingerprint density at radius 3 is 2.47 bits per heavy atom. The summed E-state index contributed by atoms with van der Waals surface area (Å²) in [4.78, 5) is 36.5. The molecule has 1 fully saturated rings. The van der Waals surface area contributed by atoms with Crippen LogP contribution in [0, 0.1) is 5.82 Å². The zero-order chi connectivity index (χ0) is 24.9. The highest BCUT2D eigenvalue weighted by atomic mass is 19.1. The molecule has 1 saturated heterocycles. The van der Waals surface area contributed by atoms with Crippen molar-refractivity contribution >= 4 is 29.0 Å². The van der Waals surface area contributed by atoms with E-state index in [1.807, 2.05) is 35.2 Å². The normalized spacial score (nSPS) is 15.4. The Hall–Kier alpha value is -3.94. The summed E-state index contributed by atoms with van der Waals surface area (Å²) in [5.74, 6) is 0.491. The van der Waals surface area contributed by atoms with E-state index >= 15 is 0 Å². The quantitative estimate of drug-likeness (QED) is 0.570. The maximum absolute atomic E-state index is 13.2. The van der Waals surface area contributed by atoms with Gasteiger partial charge >= 0.3 is 0 Å². The van der Waals surface area contributed by atoms with E-state index in [9.17, 15) is 14.0 Å². The molecule has 3 heterocycles. The van der Waals surface area contributed by atoms with Gasteiger partial charge in [-0.05, 0) is 66.9 Å². The minimum Gasteiger partial charge on any atom is -0.371 e. The second-order valence-corrected chi connectivity index (χ2v) is 9.16. The average molecular weight is 488 g/mol. The summed E-state index contributed by atoms with van der Waals surface area (Å²) in [5.41, 5.74) is 3.32. The third-order valence-electron chi connectivity index (χ3n) is 6.90. The highest BCUT2D eigenvalue weighted by Crippen LogP contribution is 2.33. The van der Waals surface area contributed by atoms with Gasteiger partial charge < -0.3 is 20.0 Å². The van der Waals surface area contributed by atoms with E-state index in [2.05, 4.69) is 26.2 Å². The summed E-state index contributed by atoms with van der Waals surface area (Å²) in [6.45, 7) is 4.49. The number of piperazine rings is 1. The average Bonchev–Trinajstić information content (AvgIpc) is 2.93. The van der Waals surface area contributed by atoms with Gasteiger partial charge in [0.25, 0.3) is 5.91 Å². The minimum absolute atomic E-state index is 0.170. The third kappa shape index (κ3) is 5.32. The van der Waals surface area contributed by atoms with Crippen LogP contribution >= 0.6 is 0 Å². The van der Waals surface area contributed by atoms with Gasteiger partial charge in [0.15, 0.2) is 0 Å². The molecule has 186 valence electrons. The zero-order valence-electron chi connectivity index (χ0n) is 20.2. The summed E-state index contributed by atoms with van der Waals surface area (Å²) in [5, 5.41) is 2.99. The van der Waals surface area contributed by atoms with E-state index in [1.54, 1.807) is 6.20 Å². The number of nitrogens with one attached hydrogen (secondary N) is 1. The van der Waals surface area contributed by atoms with Crippen LogP contribution in [0.4, 0.5) is 21.6 Å². The second-order valence-electron chi connectivity index (χ2n) is 9.16. The molecule has 0 radical (unpaired) electrons. The summed E-state index contributed by atoms with van der Waals surface area (Å²) < 4.78 is 13.2. The Bertz CT molecular complexity index is 1210. The molecule has 7 nitrogen and oxygen atoms in total. The van der Waals surface area contributed by atoms with E-state index in [-0.39, 0.29) is 17.6 Å². The van der Waals surface area contributed by atoms with Crippen LogP contribution in [0.25, 0.3) is 0 Å². The van der Waals surface area contributed by atoms with Crippen molar-refractivity contribution in [2.45, 2.75) is 19.3 Å². The third-order valence-corrected chi connectivity index (χ3v) is 6.90. The molecule has 1 N–H and O–H groups in total. The smallest absolute Gasteiger partial charge is 0.255 e. The van der Waals surface area contributed by atoms with Crippen molar-refractivity contribution in [3.8, 4) is 0 Å². The van der Waals surface area contributed by atoms with Crippen LogP contribution in [-0.2, 0) is 11.2 Å². The number of anilines is 3. The molecule has 2 aliphatic heterocycles. The Labute approximate surface area is 210 Å². The van der Waals surface area contributed by atoms with E-state index in [0.717, 1.165) is 55.2 Å². The lowest BCUT2D eigenvalue weighted by Gasteiger charge is -2.36. The molecule has 0 saturated carbocycles. The van der Waals surface area contributed by atoms with Crippen molar-refractivity contribution in [2.24, 2.45) is 0 Å². The van der Waals surface area contributed by atoms with Gasteiger partial charge in [-0.2, -0.15) is 0 Å². The first kappa shape index (κ1) is 23.8. The Morgan fingerprint density at radius 1 is 0.917 bits per heavy atom. The van der Waals surface area contributed by atoms with Crippen LogP contribution in [0.3, 0.4) is 0 Å². The van der Waals surface area contributed by atoms with Crippen molar-refractivity contribution in [3.63, 3.8) is 0 Å². The van der Waals surface area contributed by atoms with Gasteiger partial charge in [0.2, 0.25) is 5.91 Å². The fraction of sp³-hybridized carbons (Fsp3) is 0.321. The number of hydrogen-bond donors (Lipinski definition) is 1. The first-order chi connectivity index (χ1) is 17.6. The SMILES string of the molecule is O=C(Nc1cccc2c1CCCN2CCC(=O)N1CCN(c2ccccn2)CC1)c1ccc(F)cc1. The molecular formula is C28H30FN5O2. The Kier molecular flexibility index (Phi) is 7.11. The number of carbonyl (C=O) groups excluding carboxylic acids is 2. The fourth-order valence-corrected chi connectivity index (χ4v) is 4.96. The fourth-order valence-electron chi connectivity index (χ4n) is 4.96. The van der Waals surface area contributed by atoms with Crippen LogP contribution < -0.4 is 15.1 Å². The molecule has 2 aliphatic rings. The number of halogens is 1. The molecule has 0 spiro atoms. The van der Waals surface area contributed by atoms with Crippen molar-refractivity contribution < 1.29 is 14.0 Å². The van der Waals surface area contributed by atoms with Crippen LogP contribution in [0.5, 0.6) is 0 Å². The molecule has 0 atom stereocenters.